The van der Waals surface area contributed by atoms with Gasteiger partial charge in [-0.25, -0.2) is 18.4 Å². The van der Waals surface area contributed by atoms with Gasteiger partial charge in [-0.3, -0.25) is 0 Å². The van der Waals surface area contributed by atoms with Crippen molar-refractivity contribution in [3.63, 3.8) is 0 Å². The molecule has 0 saturated carbocycles. The van der Waals surface area contributed by atoms with Crippen LogP contribution in [0.1, 0.15) is 26.7 Å². The minimum Gasteiger partial charge on any atom is -0.225 e. The molecule has 0 N–H and O–H groups in total. The zero-order chi connectivity index (χ0) is 13.3. The first-order valence-electron chi connectivity index (χ1n) is 5.90. The van der Waals surface area contributed by atoms with Gasteiger partial charge in [-0.05, 0) is 37.3 Å². The zero-order valence-electron chi connectivity index (χ0n) is 10.4. The van der Waals surface area contributed by atoms with Crippen molar-refractivity contribution in [2.75, 3.05) is 6.54 Å². The molecule has 18 heavy (non-hydrogen) atoms. The van der Waals surface area contributed by atoms with Gasteiger partial charge in [-0.2, -0.15) is 4.31 Å². The molecule has 1 aliphatic rings. The van der Waals surface area contributed by atoms with Crippen LogP contribution in [0.3, 0.4) is 0 Å². The van der Waals surface area contributed by atoms with Crippen molar-refractivity contribution in [3.05, 3.63) is 17.7 Å². The Morgan fingerprint density at radius 1 is 1.33 bits per heavy atom. The van der Waals surface area contributed by atoms with E-state index in [1.165, 1.54) is 16.7 Å². The van der Waals surface area contributed by atoms with Crippen molar-refractivity contribution in [1.29, 1.82) is 0 Å². The van der Waals surface area contributed by atoms with Gasteiger partial charge in [0.25, 0.3) is 0 Å². The number of hydrogen-bond acceptors (Lipinski definition) is 4. The highest BCUT2D eigenvalue weighted by atomic mass is 35.5. The van der Waals surface area contributed by atoms with E-state index in [1.54, 1.807) is 0 Å². The van der Waals surface area contributed by atoms with E-state index < -0.39 is 10.0 Å². The van der Waals surface area contributed by atoms with Gasteiger partial charge in [0.2, 0.25) is 15.3 Å². The lowest BCUT2D eigenvalue weighted by Gasteiger charge is -2.35. The molecule has 0 radical (unpaired) electrons. The van der Waals surface area contributed by atoms with E-state index in [0.29, 0.717) is 12.5 Å². The highest BCUT2D eigenvalue weighted by Crippen LogP contribution is 2.27. The van der Waals surface area contributed by atoms with E-state index in [4.69, 9.17) is 11.6 Å². The molecule has 2 unspecified atom stereocenters. The van der Waals surface area contributed by atoms with Crippen LogP contribution >= 0.6 is 11.6 Å². The Kier molecular flexibility index (Phi) is 3.89. The Labute approximate surface area is 112 Å². The van der Waals surface area contributed by atoms with Gasteiger partial charge in [-0.1, -0.05) is 6.92 Å². The third-order valence-electron chi connectivity index (χ3n) is 3.28. The third kappa shape index (κ3) is 2.65. The summed E-state index contributed by atoms with van der Waals surface area (Å²) in [5.74, 6) is 0.563. The number of piperidine rings is 1. The summed E-state index contributed by atoms with van der Waals surface area (Å²) in [5.41, 5.74) is 0. The molecule has 2 heterocycles. The largest absolute Gasteiger partial charge is 0.246 e. The Morgan fingerprint density at radius 2 is 1.94 bits per heavy atom. The summed E-state index contributed by atoms with van der Waals surface area (Å²) < 4.78 is 26.4. The summed E-state index contributed by atoms with van der Waals surface area (Å²) in [6.07, 6.45) is 4.29. The Morgan fingerprint density at radius 3 is 2.50 bits per heavy atom. The van der Waals surface area contributed by atoms with Crippen LogP contribution in [0.5, 0.6) is 0 Å². The highest BCUT2D eigenvalue weighted by molar-refractivity contribution is 7.89. The second kappa shape index (κ2) is 5.11. The number of nitrogens with zero attached hydrogens (tertiary/aromatic N) is 3. The molecule has 5 nitrogen and oxygen atoms in total. The molecule has 7 heteroatoms. The first-order chi connectivity index (χ1) is 8.41. The van der Waals surface area contributed by atoms with Gasteiger partial charge >= 0.3 is 0 Å². The quantitative estimate of drug-likeness (QED) is 0.781. The SMILES string of the molecule is CC1CCN(S(=O)(=O)c2cnc(Cl)nc2)C(C)C1. The standard InChI is InChI=1S/C11H16ClN3O2S/c1-8-3-4-15(9(2)5-8)18(16,17)10-6-13-11(12)14-7-10/h6-9H,3-5H2,1-2H3. The number of halogens is 1. The van der Waals surface area contributed by atoms with E-state index in [-0.39, 0.29) is 16.2 Å². The van der Waals surface area contributed by atoms with Gasteiger partial charge in [-0.15, -0.1) is 0 Å². The van der Waals surface area contributed by atoms with Gasteiger partial charge < -0.3 is 0 Å². The van der Waals surface area contributed by atoms with Crippen molar-refractivity contribution < 1.29 is 8.42 Å². The van der Waals surface area contributed by atoms with Crippen LogP contribution in [-0.4, -0.2) is 35.3 Å². The molecule has 0 aliphatic carbocycles. The Bertz CT molecular complexity index is 518. The van der Waals surface area contributed by atoms with Crippen LogP contribution < -0.4 is 0 Å². The molecule has 0 aromatic carbocycles. The lowest BCUT2D eigenvalue weighted by atomic mass is 9.95. The molecule has 0 amide bonds. The van der Waals surface area contributed by atoms with E-state index in [2.05, 4.69) is 16.9 Å². The van der Waals surface area contributed by atoms with Crippen LogP contribution in [0, 0.1) is 5.92 Å². The number of rotatable bonds is 2. The first-order valence-corrected chi connectivity index (χ1v) is 7.72. The van der Waals surface area contributed by atoms with E-state index >= 15 is 0 Å². The van der Waals surface area contributed by atoms with Gasteiger partial charge in [0.1, 0.15) is 4.90 Å². The summed E-state index contributed by atoms with van der Waals surface area (Å²) >= 11 is 5.56. The molecule has 1 aromatic rings. The maximum Gasteiger partial charge on any atom is 0.246 e. The number of sulfonamides is 1. The Hall–Kier alpha value is -0.720. The second-order valence-corrected chi connectivity index (χ2v) is 7.01. The predicted molar refractivity (Wildman–Crippen MR) is 68.8 cm³/mol. The summed E-state index contributed by atoms with van der Waals surface area (Å²) in [7, 11) is -3.50. The lowest BCUT2D eigenvalue weighted by Crippen LogP contribution is -2.44. The van der Waals surface area contributed by atoms with Gasteiger partial charge in [0.05, 0.1) is 12.4 Å². The van der Waals surface area contributed by atoms with Crippen LogP contribution in [0.25, 0.3) is 0 Å². The van der Waals surface area contributed by atoms with Crippen LogP contribution in [0.4, 0.5) is 0 Å². The fourth-order valence-corrected chi connectivity index (χ4v) is 3.96. The van der Waals surface area contributed by atoms with Crippen molar-refractivity contribution in [3.8, 4) is 0 Å². The third-order valence-corrected chi connectivity index (χ3v) is 5.44. The summed E-state index contributed by atoms with van der Waals surface area (Å²) in [5, 5.41) is 0.0502. The smallest absolute Gasteiger partial charge is 0.225 e. The fourth-order valence-electron chi connectivity index (χ4n) is 2.31. The average molecular weight is 290 g/mol. The number of hydrogen-bond donors (Lipinski definition) is 0. The summed E-state index contributed by atoms with van der Waals surface area (Å²) in [6, 6.07) is 0.00873. The van der Waals surface area contributed by atoms with E-state index in [0.717, 1.165) is 12.8 Å². The monoisotopic (exact) mass is 289 g/mol. The topological polar surface area (TPSA) is 63.2 Å². The minimum atomic E-state index is -3.50. The number of aromatic nitrogens is 2. The van der Waals surface area contributed by atoms with Gasteiger partial charge in [0, 0.05) is 12.6 Å². The summed E-state index contributed by atoms with van der Waals surface area (Å²) in [4.78, 5) is 7.56. The van der Waals surface area contributed by atoms with E-state index in [1.807, 2.05) is 6.92 Å². The van der Waals surface area contributed by atoms with Crippen LogP contribution in [0.15, 0.2) is 17.3 Å². The maximum atomic E-state index is 12.4. The van der Waals surface area contributed by atoms with Crippen molar-refractivity contribution in [2.24, 2.45) is 5.92 Å². The molecule has 1 aliphatic heterocycles. The van der Waals surface area contributed by atoms with Crippen LogP contribution in [0.2, 0.25) is 5.28 Å². The maximum absolute atomic E-state index is 12.4. The van der Waals surface area contributed by atoms with Crippen molar-refractivity contribution in [1.82, 2.24) is 14.3 Å². The highest BCUT2D eigenvalue weighted by Gasteiger charge is 2.33. The zero-order valence-corrected chi connectivity index (χ0v) is 11.9. The molecule has 0 spiro atoms. The van der Waals surface area contributed by atoms with Crippen molar-refractivity contribution >= 4 is 21.6 Å². The second-order valence-electron chi connectivity index (χ2n) is 4.78. The average Bonchev–Trinajstić information content (AvgIpc) is 2.29. The van der Waals surface area contributed by atoms with Crippen LogP contribution in [-0.2, 0) is 10.0 Å². The lowest BCUT2D eigenvalue weighted by molar-refractivity contribution is 0.220. The molecule has 2 rings (SSSR count). The minimum absolute atomic E-state index is 0.00873. The summed E-state index contributed by atoms with van der Waals surface area (Å²) in [6.45, 7) is 4.63. The normalized spacial score (nSPS) is 26.2. The molecule has 100 valence electrons. The molecule has 1 fully saturated rings. The fraction of sp³-hybridized carbons (Fsp3) is 0.636. The van der Waals surface area contributed by atoms with Gasteiger partial charge in [0.15, 0.2) is 0 Å². The molecule has 2 atom stereocenters. The van der Waals surface area contributed by atoms with Crippen molar-refractivity contribution in [2.45, 2.75) is 37.6 Å². The van der Waals surface area contributed by atoms with E-state index in [9.17, 15) is 8.42 Å². The molecular weight excluding hydrogens is 274 g/mol. The predicted octanol–water partition coefficient (Wildman–Crippen LogP) is 1.94. The first kappa shape index (κ1) is 13.7. The molecular formula is C11H16ClN3O2S. The molecule has 1 saturated heterocycles. The Balaban J connectivity index is 2.28. The molecule has 1 aromatic heterocycles. The molecule has 0 bridgehead atoms.